The smallest absolute Gasteiger partial charge is 0.164 e. The fraction of sp³-hybridized carbons (Fsp3) is 0. The van der Waals surface area contributed by atoms with Gasteiger partial charge in [0.05, 0.1) is 28.0 Å². The van der Waals surface area contributed by atoms with Gasteiger partial charge in [0, 0.05) is 38.4 Å². The molecule has 0 amide bonds. The largest absolute Gasteiger partial charge is 0.453 e. The van der Waals surface area contributed by atoms with Crippen molar-refractivity contribution >= 4 is 54.5 Å². The van der Waals surface area contributed by atoms with Crippen LogP contribution < -0.4 is 0 Å². The van der Waals surface area contributed by atoms with Crippen LogP contribution in [0, 0.1) is 0 Å². The van der Waals surface area contributed by atoms with Crippen LogP contribution in [0.3, 0.4) is 0 Å². The third-order valence-corrected chi connectivity index (χ3v) is 10.6. The molecule has 0 saturated carbocycles. The van der Waals surface area contributed by atoms with Gasteiger partial charge < -0.3 is 8.98 Å². The number of hydrogen-bond donors (Lipinski definition) is 0. The number of hydrogen-bond acceptors (Lipinski definition) is 3. The highest BCUT2D eigenvalue weighted by molar-refractivity contribution is 6.22. The maximum atomic E-state index is 7.06. The fourth-order valence-corrected chi connectivity index (χ4v) is 8.00. The van der Waals surface area contributed by atoms with E-state index in [-0.39, 0.29) is 0 Å². The molecular weight excluding hydrogens is 659 g/mol. The number of rotatable bonds is 5. The average molecular weight is 690 g/mol. The Hall–Kier alpha value is -7.30. The topological polar surface area (TPSA) is 43.9 Å². The van der Waals surface area contributed by atoms with Crippen LogP contribution in [0.25, 0.3) is 105 Å². The molecule has 0 fully saturated rings. The van der Waals surface area contributed by atoms with Gasteiger partial charge >= 0.3 is 0 Å². The van der Waals surface area contributed by atoms with Crippen LogP contribution in [0.15, 0.2) is 192 Å². The first-order valence-corrected chi connectivity index (χ1v) is 18.2. The van der Waals surface area contributed by atoms with Crippen LogP contribution in [-0.4, -0.2) is 14.5 Å². The maximum Gasteiger partial charge on any atom is 0.164 e. The molecule has 54 heavy (non-hydrogen) atoms. The molecule has 8 aromatic carbocycles. The van der Waals surface area contributed by atoms with E-state index in [1.165, 1.54) is 21.7 Å². The summed E-state index contributed by atoms with van der Waals surface area (Å²) in [5.74, 6) is 0.618. The van der Waals surface area contributed by atoms with Crippen molar-refractivity contribution in [2.75, 3.05) is 0 Å². The summed E-state index contributed by atoms with van der Waals surface area (Å²) in [6.07, 6.45) is 0. The van der Waals surface area contributed by atoms with E-state index in [9.17, 15) is 0 Å². The Bertz CT molecular complexity index is 3200. The Balaban J connectivity index is 1.15. The fourth-order valence-electron chi connectivity index (χ4n) is 8.00. The SMILES string of the molecule is c1ccc(-c2ccc(-c3cc(-c4ccc5ccccc5c4)nc(-c4cccc5c4oc4c5ccc5c6ccccc6n(-c6ccccc6)c54)n3)cc2)cc1. The summed E-state index contributed by atoms with van der Waals surface area (Å²) in [5.41, 5.74) is 11.8. The van der Waals surface area contributed by atoms with Crippen molar-refractivity contribution in [2.24, 2.45) is 0 Å². The first-order chi connectivity index (χ1) is 26.8. The summed E-state index contributed by atoms with van der Waals surface area (Å²) >= 11 is 0. The zero-order valence-corrected chi connectivity index (χ0v) is 29.1. The number of para-hydroxylation sites is 3. The van der Waals surface area contributed by atoms with Crippen molar-refractivity contribution < 1.29 is 4.42 Å². The van der Waals surface area contributed by atoms with E-state index in [0.29, 0.717) is 5.82 Å². The molecule has 0 atom stereocenters. The second kappa shape index (κ2) is 12.1. The van der Waals surface area contributed by atoms with E-state index < -0.39 is 0 Å². The summed E-state index contributed by atoms with van der Waals surface area (Å²) < 4.78 is 9.38. The Morgan fingerprint density at radius 1 is 0.389 bits per heavy atom. The summed E-state index contributed by atoms with van der Waals surface area (Å²) in [7, 11) is 0. The Labute approximate surface area is 311 Å². The lowest BCUT2D eigenvalue weighted by Crippen LogP contribution is -1.96. The van der Waals surface area contributed by atoms with Crippen LogP contribution in [0.5, 0.6) is 0 Å². The van der Waals surface area contributed by atoms with Gasteiger partial charge in [0.2, 0.25) is 0 Å². The normalized spacial score (nSPS) is 11.7. The maximum absolute atomic E-state index is 7.06. The molecule has 11 rings (SSSR count). The van der Waals surface area contributed by atoms with E-state index >= 15 is 0 Å². The Morgan fingerprint density at radius 2 is 1.00 bits per heavy atom. The minimum absolute atomic E-state index is 0.618. The second-order valence-electron chi connectivity index (χ2n) is 13.8. The molecule has 0 radical (unpaired) electrons. The zero-order valence-electron chi connectivity index (χ0n) is 29.1. The van der Waals surface area contributed by atoms with E-state index in [0.717, 1.165) is 77.7 Å². The molecule has 0 aliphatic rings. The second-order valence-corrected chi connectivity index (χ2v) is 13.8. The van der Waals surface area contributed by atoms with Crippen molar-refractivity contribution in [3.63, 3.8) is 0 Å². The molecule has 11 aromatic rings. The van der Waals surface area contributed by atoms with Gasteiger partial charge in [0.1, 0.15) is 5.58 Å². The van der Waals surface area contributed by atoms with Crippen molar-refractivity contribution in [2.45, 2.75) is 0 Å². The predicted octanol–water partition coefficient (Wildman–Crippen LogP) is 13.3. The van der Waals surface area contributed by atoms with Gasteiger partial charge in [0.25, 0.3) is 0 Å². The number of aromatic nitrogens is 3. The zero-order chi connectivity index (χ0) is 35.6. The standard InChI is InChI=1S/C50H31N3O/c1-3-12-32(13-4-1)34-22-25-35(26-23-34)44-31-45(37-27-24-33-14-7-8-15-36(33)30-37)52-50(51-44)43-20-11-19-41-42-29-28-40-39-18-9-10-21-46(39)53(38-16-5-2-6-17-38)47(40)49(42)54-48(41)43/h1-31H. The lowest BCUT2D eigenvalue weighted by molar-refractivity contribution is 0.671. The third kappa shape index (κ3) is 4.85. The van der Waals surface area contributed by atoms with Gasteiger partial charge in [-0.25, -0.2) is 9.97 Å². The van der Waals surface area contributed by atoms with Crippen LogP contribution in [0.2, 0.25) is 0 Å². The molecule has 0 bridgehead atoms. The molecule has 0 N–H and O–H groups in total. The predicted molar refractivity (Wildman–Crippen MR) is 223 cm³/mol. The lowest BCUT2D eigenvalue weighted by Gasteiger charge is -2.11. The summed E-state index contributed by atoms with van der Waals surface area (Å²) in [6, 6.07) is 66.0. The number of fused-ring (bicyclic) bond motifs is 8. The Morgan fingerprint density at radius 3 is 1.83 bits per heavy atom. The number of nitrogens with zero attached hydrogens (tertiary/aromatic N) is 3. The van der Waals surface area contributed by atoms with E-state index in [2.05, 4.69) is 187 Å². The lowest BCUT2D eigenvalue weighted by atomic mass is 10.0. The molecule has 4 heteroatoms. The van der Waals surface area contributed by atoms with Crippen molar-refractivity contribution in [1.29, 1.82) is 0 Å². The molecule has 0 spiro atoms. The summed E-state index contributed by atoms with van der Waals surface area (Å²) in [5, 5.41) is 6.79. The van der Waals surface area contributed by atoms with Gasteiger partial charge in [0.15, 0.2) is 11.4 Å². The number of benzene rings is 8. The van der Waals surface area contributed by atoms with Crippen LogP contribution >= 0.6 is 0 Å². The van der Waals surface area contributed by atoms with Gasteiger partial charge in [-0.1, -0.05) is 146 Å². The van der Waals surface area contributed by atoms with Gasteiger partial charge in [-0.15, -0.1) is 0 Å². The van der Waals surface area contributed by atoms with Crippen LogP contribution in [0.4, 0.5) is 0 Å². The third-order valence-electron chi connectivity index (χ3n) is 10.6. The van der Waals surface area contributed by atoms with Crippen LogP contribution in [0.1, 0.15) is 0 Å². The van der Waals surface area contributed by atoms with Gasteiger partial charge in [-0.2, -0.15) is 0 Å². The van der Waals surface area contributed by atoms with Crippen molar-refractivity contribution in [3.8, 4) is 50.7 Å². The first kappa shape index (κ1) is 30.3. The molecule has 0 aliphatic heterocycles. The molecule has 4 nitrogen and oxygen atoms in total. The Kier molecular flexibility index (Phi) is 6.82. The molecule has 252 valence electrons. The van der Waals surface area contributed by atoms with Crippen molar-refractivity contribution in [3.05, 3.63) is 188 Å². The molecule has 3 aromatic heterocycles. The molecule has 0 unspecified atom stereocenters. The minimum Gasteiger partial charge on any atom is -0.453 e. The number of furan rings is 1. The molecule has 0 aliphatic carbocycles. The summed E-state index contributed by atoms with van der Waals surface area (Å²) in [4.78, 5) is 10.5. The van der Waals surface area contributed by atoms with E-state index in [4.69, 9.17) is 14.4 Å². The molecular formula is C50H31N3O. The van der Waals surface area contributed by atoms with Crippen molar-refractivity contribution in [1.82, 2.24) is 14.5 Å². The first-order valence-electron chi connectivity index (χ1n) is 18.2. The van der Waals surface area contributed by atoms with E-state index in [1.54, 1.807) is 0 Å². The minimum atomic E-state index is 0.618. The van der Waals surface area contributed by atoms with Crippen LogP contribution in [-0.2, 0) is 0 Å². The highest BCUT2D eigenvalue weighted by Crippen LogP contribution is 2.42. The van der Waals surface area contributed by atoms with Gasteiger partial charge in [-0.05, 0) is 64.4 Å². The quantitative estimate of drug-likeness (QED) is 0.181. The van der Waals surface area contributed by atoms with E-state index in [1.807, 2.05) is 6.07 Å². The highest BCUT2D eigenvalue weighted by Gasteiger charge is 2.22. The average Bonchev–Trinajstić information content (AvgIpc) is 3.80. The monoisotopic (exact) mass is 689 g/mol. The molecule has 0 saturated heterocycles. The molecule has 3 heterocycles. The van der Waals surface area contributed by atoms with Gasteiger partial charge in [-0.3, -0.25) is 0 Å². The highest BCUT2D eigenvalue weighted by atomic mass is 16.3. The summed E-state index contributed by atoms with van der Waals surface area (Å²) in [6.45, 7) is 0.